The molecule has 0 atom stereocenters. The van der Waals surface area contributed by atoms with Gasteiger partial charge >= 0.3 is 0 Å². The Balaban J connectivity index is 2.10. The van der Waals surface area contributed by atoms with E-state index >= 15 is 0 Å². The predicted molar refractivity (Wildman–Crippen MR) is 59.5 cm³/mol. The second-order valence-corrected chi connectivity index (χ2v) is 3.97. The number of phenols is 1. The Morgan fingerprint density at radius 2 is 2.25 bits per heavy atom. The number of hydrogen-bond donors (Lipinski definition) is 1. The summed E-state index contributed by atoms with van der Waals surface area (Å²) in [5, 5.41) is 9.39. The molecule has 0 spiro atoms. The monoisotopic (exact) mass is 214 g/mol. The van der Waals surface area contributed by atoms with Crippen LogP contribution in [0.1, 0.15) is 12.0 Å². The lowest BCUT2D eigenvalue weighted by Gasteiger charge is -2.24. The summed E-state index contributed by atoms with van der Waals surface area (Å²) in [6.07, 6.45) is 0.332. The van der Waals surface area contributed by atoms with E-state index < -0.39 is 0 Å². The number of amidine groups is 1. The van der Waals surface area contributed by atoms with Crippen LogP contribution in [0.2, 0.25) is 0 Å². The molecule has 1 N–H and O–H groups in total. The minimum atomic E-state index is 0.0239. The SMILES string of the molecule is C=C1C(=O)CC2=Nc3ccc(O)cc3CN12. The summed E-state index contributed by atoms with van der Waals surface area (Å²) < 4.78 is 0. The van der Waals surface area contributed by atoms with Crippen LogP contribution in [-0.4, -0.2) is 21.6 Å². The molecule has 4 nitrogen and oxygen atoms in total. The van der Waals surface area contributed by atoms with Crippen LogP contribution in [0.4, 0.5) is 5.69 Å². The van der Waals surface area contributed by atoms with Crippen molar-refractivity contribution in [2.75, 3.05) is 0 Å². The van der Waals surface area contributed by atoms with Crippen LogP contribution in [0, 0.1) is 0 Å². The Hall–Kier alpha value is -2.10. The molecule has 0 aliphatic carbocycles. The maximum atomic E-state index is 11.5. The van der Waals surface area contributed by atoms with Gasteiger partial charge in [-0.1, -0.05) is 6.58 Å². The molecule has 1 saturated heterocycles. The summed E-state index contributed by atoms with van der Waals surface area (Å²) in [4.78, 5) is 17.7. The molecular formula is C12H10N2O2. The second kappa shape index (κ2) is 2.95. The lowest BCUT2D eigenvalue weighted by molar-refractivity contribution is -0.114. The maximum Gasteiger partial charge on any atom is 0.186 e. The normalized spacial score (nSPS) is 18.2. The van der Waals surface area contributed by atoms with Crippen molar-refractivity contribution in [2.45, 2.75) is 13.0 Å². The number of fused-ring (bicyclic) bond motifs is 2. The van der Waals surface area contributed by atoms with Gasteiger partial charge in [-0.05, 0) is 18.2 Å². The Morgan fingerprint density at radius 3 is 3.06 bits per heavy atom. The molecule has 4 heteroatoms. The van der Waals surface area contributed by atoms with Gasteiger partial charge in [0, 0.05) is 5.56 Å². The average molecular weight is 214 g/mol. The van der Waals surface area contributed by atoms with Gasteiger partial charge in [-0.15, -0.1) is 0 Å². The van der Waals surface area contributed by atoms with Gasteiger partial charge in [0.15, 0.2) is 5.78 Å². The van der Waals surface area contributed by atoms with Gasteiger partial charge in [-0.3, -0.25) is 4.79 Å². The minimum absolute atomic E-state index is 0.0239. The number of allylic oxidation sites excluding steroid dienone is 1. The van der Waals surface area contributed by atoms with E-state index in [0.717, 1.165) is 17.1 Å². The lowest BCUT2D eigenvalue weighted by Crippen LogP contribution is -2.25. The van der Waals surface area contributed by atoms with E-state index in [2.05, 4.69) is 11.6 Å². The lowest BCUT2D eigenvalue weighted by atomic mass is 10.1. The zero-order chi connectivity index (χ0) is 11.3. The third kappa shape index (κ3) is 1.16. The van der Waals surface area contributed by atoms with Gasteiger partial charge in [-0.25, -0.2) is 4.99 Å². The largest absolute Gasteiger partial charge is 0.508 e. The van der Waals surface area contributed by atoms with E-state index in [1.807, 2.05) is 4.90 Å². The number of Topliss-reactive ketones (excluding diaryl/α,β-unsaturated/α-hetero) is 1. The number of nitrogens with zero attached hydrogens (tertiary/aromatic N) is 2. The van der Waals surface area contributed by atoms with Gasteiger partial charge in [0.2, 0.25) is 0 Å². The number of hydrogen-bond acceptors (Lipinski definition) is 4. The second-order valence-electron chi connectivity index (χ2n) is 3.97. The Morgan fingerprint density at radius 1 is 1.44 bits per heavy atom. The van der Waals surface area contributed by atoms with E-state index in [1.165, 1.54) is 0 Å². The van der Waals surface area contributed by atoms with E-state index in [9.17, 15) is 9.90 Å². The summed E-state index contributed by atoms with van der Waals surface area (Å²) in [5.74, 6) is 0.998. The summed E-state index contributed by atoms with van der Waals surface area (Å²) in [5.41, 5.74) is 2.24. The van der Waals surface area contributed by atoms with E-state index in [0.29, 0.717) is 18.7 Å². The summed E-state index contributed by atoms with van der Waals surface area (Å²) in [6.45, 7) is 4.31. The molecule has 2 heterocycles. The van der Waals surface area contributed by atoms with Crippen LogP contribution in [-0.2, 0) is 11.3 Å². The van der Waals surface area contributed by atoms with Crippen LogP contribution >= 0.6 is 0 Å². The van der Waals surface area contributed by atoms with Crippen molar-refractivity contribution in [1.29, 1.82) is 0 Å². The molecule has 3 rings (SSSR count). The van der Waals surface area contributed by atoms with Gasteiger partial charge in [-0.2, -0.15) is 0 Å². The van der Waals surface area contributed by atoms with Crippen LogP contribution < -0.4 is 0 Å². The molecule has 0 bridgehead atoms. The zero-order valence-electron chi connectivity index (χ0n) is 8.60. The first-order valence-corrected chi connectivity index (χ1v) is 5.04. The van der Waals surface area contributed by atoms with E-state index in [-0.39, 0.29) is 11.5 Å². The average Bonchev–Trinajstić information content (AvgIpc) is 2.52. The highest BCUT2D eigenvalue weighted by molar-refractivity contribution is 6.17. The molecule has 2 aliphatic heterocycles. The zero-order valence-corrected chi connectivity index (χ0v) is 8.60. The predicted octanol–water partition coefficient (Wildman–Crippen LogP) is 1.72. The third-order valence-electron chi connectivity index (χ3n) is 2.92. The Bertz CT molecular complexity index is 546. The van der Waals surface area contributed by atoms with Crippen LogP contribution in [0.3, 0.4) is 0 Å². The van der Waals surface area contributed by atoms with Gasteiger partial charge in [0.25, 0.3) is 0 Å². The van der Waals surface area contributed by atoms with Crippen molar-refractivity contribution in [1.82, 2.24) is 4.90 Å². The first-order valence-electron chi connectivity index (χ1n) is 5.04. The highest BCUT2D eigenvalue weighted by Gasteiger charge is 2.33. The molecule has 0 amide bonds. The maximum absolute atomic E-state index is 11.5. The molecule has 0 aromatic heterocycles. The van der Waals surface area contributed by atoms with Crippen LogP contribution in [0.5, 0.6) is 5.75 Å². The van der Waals surface area contributed by atoms with Crippen molar-refractivity contribution >= 4 is 17.3 Å². The number of carbonyl (C=O) groups is 1. The molecule has 80 valence electrons. The van der Waals surface area contributed by atoms with Gasteiger partial charge < -0.3 is 10.0 Å². The highest BCUT2D eigenvalue weighted by atomic mass is 16.3. The molecule has 1 aromatic carbocycles. The van der Waals surface area contributed by atoms with E-state index in [4.69, 9.17) is 0 Å². The van der Waals surface area contributed by atoms with Crippen molar-refractivity contribution in [2.24, 2.45) is 4.99 Å². The molecule has 1 fully saturated rings. The molecule has 2 aliphatic rings. The third-order valence-corrected chi connectivity index (χ3v) is 2.92. The van der Waals surface area contributed by atoms with Gasteiger partial charge in [0.05, 0.1) is 24.4 Å². The van der Waals surface area contributed by atoms with Crippen molar-refractivity contribution in [3.63, 3.8) is 0 Å². The standard InChI is InChI=1S/C12H10N2O2/c1-7-11(16)5-12-13-10-3-2-9(15)4-8(10)6-14(7)12/h2-4,15H,1,5-6H2. The number of rotatable bonds is 0. The number of aliphatic imine (C=N–C) groups is 1. The molecule has 0 saturated carbocycles. The summed E-state index contributed by atoms with van der Waals surface area (Å²) in [6, 6.07) is 5.04. The Kier molecular flexibility index (Phi) is 1.68. The topological polar surface area (TPSA) is 52.9 Å². The summed E-state index contributed by atoms with van der Waals surface area (Å²) >= 11 is 0. The number of ketones is 1. The summed E-state index contributed by atoms with van der Waals surface area (Å²) in [7, 11) is 0. The fourth-order valence-corrected chi connectivity index (χ4v) is 2.05. The smallest absolute Gasteiger partial charge is 0.186 e. The molecular weight excluding hydrogens is 204 g/mol. The van der Waals surface area contributed by atoms with Crippen molar-refractivity contribution < 1.29 is 9.90 Å². The molecule has 0 unspecified atom stereocenters. The first kappa shape index (κ1) is 9.15. The Labute approximate surface area is 92.5 Å². The van der Waals surface area contributed by atoms with E-state index in [1.54, 1.807) is 18.2 Å². The van der Waals surface area contributed by atoms with Crippen LogP contribution in [0.15, 0.2) is 35.5 Å². The number of phenolic OH excluding ortho intramolecular Hbond substituents is 1. The molecule has 0 radical (unpaired) electrons. The van der Waals surface area contributed by atoms with Crippen LogP contribution in [0.25, 0.3) is 0 Å². The fourth-order valence-electron chi connectivity index (χ4n) is 2.05. The first-order chi connectivity index (χ1) is 7.65. The quantitative estimate of drug-likeness (QED) is 0.669. The number of aromatic hydroxyl groups is 1. The van der Waals surface area contributed by atoms with Crippen molar-refractivity contribution in [3.8, 4) is 5.75 Å². The molecule has 16 heavy (non-hydrogen) atoms. The number of benzene rings is 1. The highest BCUT2D eigenvalue weighted by Crippen LogP contribution is 2.34. The van der Waals surface area contributed by atoms with Crippen molar-refractivity contribution in [3.05, 3.63) is 36.0 Å². The number of carbonyl (C=O) groups excluding carboxylic acids is 1. The molecule has 1 aromatic rings. The van der Waals surface area contributed by atoms with Gasteiger partial charge in [0.1, 0.15) is 11.6 Å². The fraction of sp³-hybridized carbons (Fsp3) is 0.167. The minimum Gasteiger partial charge on any atom is -0.508 e.